The van der Waals surface area contributed by atoms with Crippen molar-refractivity contribution in [3.8, 4) is 0 Å². The Bertz CT molecular complexity index is 1040. The van der Waals surface area contributed by atoms with Crippen LogP contribution >= 0.6 is 0 Å². The van der Waals surface area contributed by atoms with E-state index in [4.69, 9.17) is 4.42 Å². The molecule has 1 aliphatic rings. The molecule has 0 saturated carbocycles. The molecule has 2 amide bonds. The van der Waals surface area contributed by atoms with Crippen LogP contribution in [-0.4, -0.2) is 39.8 Å². The van der Waals surface area contributed by atoms with Gasteiger partial charge < -0.3 is 14.6 Å². The van der Waals surface area contributed by atoms with E-state index >= 15 is 0 Å². The predicted molar refractivity (Wildman–Crippen MR) is 113 cm³/mol. The number of hydrogen-bond donors (Lipinski definition) is 1. The highest BCUT2D eigenvalue weighted by molar-refractivity contribution is 6.04. The lowest BCUT2D eigenvalue weighted by Crippen LogP contribution is -2.40. The number of para-hydroxylation sites is 1. The number of nitrogens with zero attached hydrogens (tertiary/aromatic N) is 3. The quantitative estimate of drug-likeness (QED) is 0.677. The summed E-state index contributed by atoms with van der Waals surface area (Å²) in [6.45, 7) is 3.69. The van der Waals surface area contributed by atoms with Gasteiger partial charge in [0.2, 0.25) is 5.91 Å². The Hall–Kier alpha value is -3.22. The third kappa shape index (κ3) is 4.67. The van der Waals surface area contributed by atoms with Crippen molar-refractivity contribution in [2.75, 3.05) is 13.1 Å². The van der Waals surface area contributed by atoms with Gasteiger partial charge in [-0.05, 0) is 56.4 Å². The number of likely N-dealkylation sites (tertiary alicyclic amines) is 1. The van der Waals surface area contributed by atoms with Crippen LogP contribution in [0.5, 0.6) is 0 Å². The van der Waals surface area contributed by atoms with Crippen molar-refractivity contribution in [3.05, 3.63) is 59.8 Å². The molecule has 1 fully saturated rings. The average Bonchev–Trinajstić information content (AvgIpc) is 3.20. The minimum atomic E-state index is -0.0107. The van der Waals surface area contributed by atoms with Gasteiger partial charge in [0.25, 0.3) is 5.91 Å². The molecule has 1 N–H and O–H groups in total. The number of piperidine rings is 1. The fraction of sp³-hybridized carbons (Fsp3) is 0.391. The van der Waals surface area contributed by atoms with Crippen molar-refractivity contribution in [2.45, 2.75) is 39.2 Å². The number of furan rings is 1. The second-order valence-corrected chi connectivity index (χ2v) is 7.82. The molecule has 1 unspecified atom stereocenters. The summed E-state index contributed by atoms with van der Waals surface area (Å²) in [6.07, 6.45) is 6.44. The highest BCUT2D eigenvalue weighted by Crippen LogP contribution is 2.24. The number of rotatable bonds is 6. The van der Waals surface area contributed by atoms with Gasteiger partial charge in [0, 0.05) is 31.9 Å². The maximum Gasteiger partial charge on any atom is 0.256 e. The molecule has 1 saturated heterocycles. The van der Waals surface area contributed by atoms with E-state index in [-0.39, 0.29) is 11.8 Å². The number of aromatic nitrogens is 2. The zero-order valence-electron chi connectivity index (χ0n) is 17.1. The summed E-state index contributed by atoms with van der Waals surface area (Å²) in [6, 6.07) is 9.28. The molecule has 0 aliphatic carbocycles. The zero-order valence-corrected chi connectivity index (χ0v) is 17.1. The molecule has 3 aromatic rings. The standard InChI is InChI=1S/C23H26N4O3/c1-16-7-9-18(30-16)14-26-21(28)10-8-17-4-3-13-27(15-17)23(29)19-5-2-6-20-22(19)25-12-11-24-20/h2,5-7,9,11-12,17H,3-4,8,10,13-15H2,1H3,(H,26,28). The summed E-state index contributed by atoms with van der Waals surface area (Å²) in [7, 11) is 0. The fourth-order valence-electron chi connectivity index (χ4n) is 4.01. The van der Waals surface area contributed by atoms with E-state index < -0.39 is 0 Å². The maximum atomic E-state index is 13.1. The van der Waals surface area contributed by atoms with Crippen LogP contribution in [0.1, 0.15) is 47.6 Å². The van der Waals surface area contributed by atoms with Crippen molar-refractivity contribution in [1.29, 1.82) is 0 Å². The number of benzene rings is 1. The van der Waals surface area contributed by atoms with Gasteiger partial charge in [-0.25, -0.2) is 0 Å². The molecule has 2 aromatic heterocycles. The number of hydrogen-bond acceptors (Lipinski definition) is 5. The van der Waals surface area contributed by atoms with Crippen molar-refractivity contribution in [1.82, 2.24) is 20.2 Å². The lowest BCUT2D eigenvalue weighted by Gasteiger charge is -2.33. The monoisotopic (exact) mass is 406 g/mol. The van der Waals surface area contributed by atoms with Crippen LogP contribution in [0.2, 0.25) is 0 Å². The Balaban J connectivity index is 1.31. The third-order valence-electron chi connectivity index (χ3n) is 5.57. The van der Waals surface area contributed by atoms with E-state index in [0.29, 0.717) is 36.5 Å². The first-order valence-electron chi connectivity index (χ1n) is 10.4. The summed E-state index contributed by atoms with van der Waals surface area (Å²) in [5.74, 6) is 1.91. The Labute approximate surface area is 175 Å². The van der Waals surface area contributed by atoms with Crippen LogP contribution in [0.4, 0.5) is 0 Å². The number of carbonyl (C=O) groups is 2. The number of fused-ring (bicyclic) bond motifs is 1. The van der Waals surface area contributed by atoms with Gasteiger partial charge in [-0.3, -0.25) is 19.6 Å². The summed E-state index contributed by atoms with van der Waals surface area (Å²) in [5, 5.41) is 2.90. The van der Waals surface area contributed by atoms with Crippen LogP contribution in [0.25, 0.3) is 11.0 Å². The van der Waals surface area contributed by atoms with E-state index in [1.807, 2.05) is 42.2 Å². The number of carbonyl (C=O) groups excluding carboxylic acids is 2. The first kappa shape index (κ1) is 20.1. The van der Waals surface area contributed by atoms with Crippen molar-refractivity contribution in [3.63, 3.8) is 0 Å². The Morgan fingerprint density at radius 2 is 2.07 bits per heavy atom. The highest BCUT2D eigenvalue weighted by atomic mass is 16.3. The molecular weight excluding hydrogens is 380 g/mol. The van der Waals surface area contributed by atoms with Gasteiger partial charge in [0.15, 0.2) is 0 Å². The van der Waals surface area contributed by atoms with Gasteiger partial charge in [-0.2, -0.15) is 0 Å². The summed E-state index contributed by atoms with van der Waals surface area (Å²) >= 11 is 0. The Morgan fingerprint density at radius 3 is 2.90 bits per heavy atom. The van der Waals surface area contributed by atoms with Crippen LogP contribution in [-0.2, 0) is 11.3 Å². The Morgan fingerprint density at radius 1 is 1.20 bits per heavy atom. The van der Waals surface area contributed by atoms with Crippen molar-refractivity contribution >= 4 is 22.8 Å². The molecule has 1 aromatic carbocycles. The second kappa shape index (κ2) is 9.07. The number of nitrogens with one attached hydrogen (secondary N) is 1. The largest absolute Gasteiger partial charge is 0.465 e. The molecule has 3 heterocycles. The molecule has 0 spiro atoms. The molecule has 0 radical (unpaired) electrons. The molecule has 30 heavy (non-hydrogen) atoms. The maximum absolute atomic E-state index is 13.1. The van der Waals surface area contributed by atoms with Crippen LogP contribution in [0.15, 0.2) is 47.1 Å². The van der Waals surface area contributed by atoms with Gasteiger partial charge >= 0.3 is 0 Å². The van der Waals surface area contributed by atoms with Crippen LogP contribution in [0.3, 0.4) is 0 Å². The molecule has 7 nitrogen and oxygen atoms in total. The minimum Gasteiger partial charge on any atom is -0.465 e. The average molecular weight is 406 g/mol. The normalized spacial score (nSPS) is 16.6. The van der Waals surface area contributed by atoms with Crippen LogP contribution < -0.4 is 5.32 Å². The minimum absolute atomic E-state index is 0.0107. The number of aryl methyl sites for hydroxylation is 1. The summed E-state index contributed by atoms with van der Waals surface area (Å²) < 4.78 is 5.47. The molecule has 0 bridgehead atoms. The van der Waals surface area contributed by atoms with E-state index in [2.05, 4.69) is 15.3 Å². The molecule has 156 valence electrons. The van der Waals surface area contributed by atoms with Gasteiger partial charge in [-0.1, -0.05) is 6.07 Å². The zero-order chi connectivity index (χ0) is 20.9. The lowest BCUT2D eigenvalue weighted by molar-refractivity contribution is -0.121. The lowest BCUT2D eigenvalue weighted by atomic mass is 9.92. The van der Waals surface area contributed by atoms with E-state index in [1.54, 1.807) is 12.4 Å². The molecular formula is C23H26N4O3. The topological polar surface area (TPSA) is 88.3 Å². The van der Waals surface area contributed by atoms with Crippen molar-refractivity contribution < 1.29 is 14.0 Å². The first-order chi connectivity index (χ1) is 14.6. The van der Waals surface area contributed by atoms with Gasteiger partial charge in [-0.15, -0.1) is 0 Å². The number of amides is 2. The molecule has 7 heteroatoms. The highest BCUT2D eigenvalue weighted by Gasteiger charge is 2.26. The first-order valence-corrected chi connectivity index (χ1v) is 10.4. The molecule has 1 aliphatic heterocycles. The van der Waals surface area contributed by atoms with Crippen LogP contribution in [0, 0.1) is 12.8 Å². The third-order valence-corrected chi connectivity index (χ3v) is 5.57. The fourth-order valence-corrected chi connectivity index (χ4v) is 4.01. The van der Waals surface area contributed by atoms with E-state index in [1.165, 1.54) is 0 Å². The summed E-state index contributed by atoms with van der Waals surface area (Å²) in [5.41, 5.74) is 1.95. The van der Waals surface area contributed by atoms with Gasteiger partial charge in [0.05, 0.1) is 17.6 Å². The smallest absolute Gasteiger partial charge is 0.256 e. The van der Waals surface area contributed by atoms with E-state index in [9.17, 15) is 9.59 Å². The van der Waals surface area contributed by atoms with E-state index in [0.717, 1.165) is 42.8 Å². The Kier molecular flexibility index (Phi) is 6.07. The SMILES string of the molecule is Cc1ccc(CNC(=O)CCC2CCCN(C(=O)c3cccc4nccnc34)C2)o1. The van der Waals surface area contributed by atoms with Gasteiger partial charge in [0.1, 0.15) is 17.0 Å². The summed E-state index contributed by atoms with van der Waals surface area (Å²) in [4.78, 5) is 35.9. The second-order valence-electron chi connectivity index (χ2n) is 7.82. The predicted octanol–water partition coefficient (Wildman–Crippen LogP) is 3.48. The van der Waals surface area contributed by atoms with Crippen molar-refractivity contribution in [2.24, 2.45) is 5.92 Å². The molecule has 4 rings (SSSR count). The molecule has 1 atom stereocenters.